The van der Waals surface area contributed by atoms with Crippen LogP contribution >= 0.6 is 35.0 Å². The summed E-state index contributed by atoms with van der Waals surface area (Å²) >= 11 is 14.0. The third-order valence-electron chi connectivity index (χ3n) is 8.03. The molecule has 37 heavy (non-hydrogen) atoms. The summed E-state index contributed by atoms with van der Waals surface area (Å²) in [7, 11) is 0. The average molecular weight is 562 g/mol. The van der Waals surface area contributed by atoms with Gasteiger partial charge in [0.1, 0.15) is 0 Å². The predicted molar refractivity (Wildman–Crippen MR) is 149 cm³/mol. The summed E-state index contributed by atoms with van der Waals surface area (Å²) in [6.45, 7) is 6.48. The molecule has 1 spiro atoms. The average Bonchev–Trinajstić information content (AvgIpc) is 3.29. The highest BCUT2D eigenvalue weighted by Gasteiger charge is 2.65. The Morgan fingerprint density at radius 2 is 1.81 bits per heavy atom. The standard InChI is InChI=1S/C29H34Cl2N2O3S/c1-28(2,3)15-23-29(21-12-7-18(31)14-22(21)37-27(29)36)24(16-5-4-6-17(30)13-16)25(33-23)26(35)32-19-8-10-20(34)11-9-19/h4-7,12-14,19-20,23-25,33-34H,8-11,15H2,1-3H3,(H,32,35)/t19-,20-,23-,24+,25-,29+/m1/s1. The van der Waals surface area contributed by atoms with E-state index in [2.05, 4.69) is 31.4 Å². The lowest BCUT2D eigenvalue weighted by Gasteiger charge is -2.38. The Kier molecular flexibility index (Phi) is 7.44. The summed E-state index contributed by atoms with van der Waals surface area (Å²) in [6.07, 6.45) is 3.26. The van der Waals surface area contributed by atoms with Crippen molar-refractivity contribution in [3.8, 4) is 0 Å². The number of carbonyl (C=O) groups is 2. The van der Waals surface area contributed by atoms with Crippen molar-refractivity contribution in [3.05, 3.63) is 63.6 Å². The van der Waals surface area contributed by atoms with Crippen molar-refractivity contribution >= 4 is 46.0 Å². The Labute approximate surface area is 233 Å². The molecule has 2 aromatic carbocycles. The number of carbonyl (C=O) groups excluding carboxylic acids is 2. The molecule has 5 nitrogen and oxygen atoms in total. The summed E-state index contributed by atoms with van der Waals surface area (Å²) in [4.78, 5) is 29.0. The smallest absolute Gasteiger partial charge is 0.238 e. The molecule has 1 saturated carbocycles. The van der Waals surface area contributed by atoms with Crippen LogP contribution in [0.3, 0.4) is 0 Å². The van der Waals surface area contributed by atoms with Crippen LogP contribution in [0.2, 0.25) is 10.0 Å². The first-order valence-electron chi connectivity index (χ1n) is 13.0. The second-order valence-electron chi connectivity index (χ2n) is 11.9. The number of amides is 1. The molecule has 1 aliphatic carbocycles. The lowest BCUT2D eigenvalue weighted by Crippen LogP contribution is -2.49. The fraction of sp³-hybridized carbons (Fsp3) is 0.517. The van der Waals surface area contributed by atoms with Crippen LogP contribution in [0.5, 0.6) is 0 Å². The van der Waals surface area contributed by atoms with Crippen molar-refractivity contribution in [3.63, 3.8) is 0 Å². The molecule has 1 saturated heterocycles. The lowest BCUT2D eigenvalue weighted by atomic mass is 9.63. The van der Waals surface area contributed by atoms with E-state index in [1.165, 1.54) is 11.8 Å². The second-order valence-corrected chi connectivity index (χ2v) is 13.8. The SMILES string of the molecule is CC(C)(C)C[C@H]1N[C@@H](C(=O)N[C@H]2CC[C@H](O)CC2)[C@H](c2cccc(Cl)c2)[C@@]12C(=O)Sc1cc(Cl)ccc12. The third kappa shape index (κ3) is 5.08. The van der Waals surface area contributed by atoms with Crippen LogP contribution in [0.15, 0.2) is 47.4 Å². The molecule has 2 heterocycles. The van der Waals surface area contributed by atoms with Crippen LogP contribution in [0.1, 0.15) is 69.9 Å². The van der Waals surface area contributed by atoms with E-state index in [1.807, 2.05) is 42.5 Å². The molecule has 5 rings (SSSR count). The van der Waals surface area contributed by atoms with Crippen LogP contribution in [0.25, 0.3) is 0 Å². The monoisotopic (exact) mass is 560 g/mol. The number of nitrogens with one attached hydrogen (secondary N) is 2. The van der Waals surface area contributed by atoms with Gasteiger partial charge in [-0.1, -0.05) is 73.9 Å². The summed E-state index contributed by atoms with van der Waals surface area (Å²) in [6, 6.07) is 12.3. The molecule has 1 amide bonds. The first kappa shape index (κ1) is 27.0. The minimum atomic E-state index is -0.951. The van der Waals surface area contributed by atoms with E-state index in [0.717, 1.165) is 28.9 Å². The Morgan fingerprint density at radius 3 is 2.49 bits per heavy atom. The molecular formula is C29H34Cl2N2O3S. The van der Waals surface area contributed by atoms with Crippen molar-refractivity contribution in [2.24, 2.45) is 5.41 Å². The van der Waals surface area contributed by atoms with Crippen LogP contribution in [0, 0.1) is 5.41 Å². The van der Waals surface area contributed by atoms with Crippen LogP contribution < -0.4 is 10.6 Å². The van der Waals surface area contributed by atoms with Gasteiger partial charge >= 0.3 is 0 Å². The number of hydrogen-bond donors (Lipinski definition) is 3. The van der Waals surface area contributed by atoms with Gasteiger partial charge < -0.3 is 15.7 Å². The number of aliphatic hydroxyl groups excluding tert-OH is 1. The highest BCUT2D eigenvalue weighted by molar-refractivity contribution is 8.14. The normalized spacial score (nSPS) is 31.5. The molecule has 2 fully saturated rings. The molecule has 2 aromatic rings. The molecule has 0 aromatic heterocycles. The summed E-state index contributed by atoms with van der Waals surface area (Å²) in [5, 5.41) is 18.0. The number of benzene rings is 2. The minimum absolute atomic E-state index is 0.00933. The van der Waals surface area contributed by atoms with Crippen molar-refractivity contribution in [1.29, 1.82) is 0 Å². The molecule has 0 bridgehead atoms. The lowest BCUT2D eigenvalue weighted by molar-refractivity contribution is -0.124. The molecule has 3 aliphatic rings. The van der Waals surface area contributed by atoms with E-state index in [1.54, 1.807) is 0 Å². The fourth-order valence-corrected chi connectivity index (χ4v) is 8.21. The van der Waals surface area contributed by atoms with Gasteiger partial charge in [-0.15, -0.1) is 0 Å². The maximum Gasteiger partial charge on any atom is 0.238 e. The van der Waals surface area contributed by atoms with Crippen LogP contribution in [0.4, 0.5) is 0 Å². The number of thioether (sulfide) groups is 1. The molecule has 3 N–H and O–H groups in total. The molecule has 4 atom stereocenters. The van der Waals surface area contributed by atoms with Gasteiger partial charge in [0.15, 0.2) is 0 Å². The molecule has 8 heteroatoms. The maximum absolute atomic E-state index is 14.2. The van der Waals surface area contributed by atoms with E-state index in [9.17, 15) is 14.7 Å². The highest BCUT2D eigenvalue weighted by atomic mass is 35.5. The van der Waals surface area contributed by atoms with Crippen molar-refractivity contribution in [2.75, 3.05) is 0 Å². The zero-order valence-electron chi connectivity index (χ0n) is 21.4. The van der Waals surface area contributed by atoms with Crippen molar-refractivity contribution < 1.29 is 14.7 Å². The predicted octanol–water partition coefficient (Wildman–Crippen LogP) is 5.84. The summed E-state index contributed by atoms with van der Waals surface area (Å²) < 4.78 is 0. The minimum Gasteiger partial charge on any atom is -0.393 e. The number of aliphatic hydroxyl groups is 1. The van der Waals surface area contributed by atoms with Crippen LogP contribution in [-0.4, -0.2) is 40.4 Å². The molecule has 2 aliphatic heterocycles. The van der Waals surface area contributed by atoms with Gasteiger partial charge in [-0.3, -0.25) is 9.59 Å². The number of rotatable bonds is 4. The highest BCUT2D eigenvalue weighted by Crippen LogP contribution is 2.60. The van der Waals surface area contributed by atoms with E-state index in [-0.39, 0.29) is 34.6 Å². The maximum atomic E-state index is 14.2. The summed E-state index contributed by atoms with van der Waals surface area (Å²) in [5.41, 5.74) is 0.754. The fourth-order valence-electron chi connectivity index (χ4n) is 6.49. The largest absolute Gasteiger partial charge is 0.393 e. The Bertz CT molecular complexity index is 1210. The first-order chi connectivity index (χ1) is 17.5. The second kappa shape index (κ2) is 10.2. The quantitative estimate of drug-likeness (QED) is 0.437. The van der Waals surface area contributed by atoms with Gasteiger partial charge in [-0.2, -0.15) is 0 Å². The van der Waals surface area contributed by atoms with Gasteiger partial charge in [0.2, 0.25) is 11.0 Å². The number of fused-ring (bicyclic) bond motifs is 2. The van der Waals surface area contributed by atoms with Crippen molar-refractivity contribution in [1.82, 2.24) is 10.6 Å². The van der Waals surface area contributed by atoms with E-state index < -0.39 is 17.4 Å². The van der Waals surface area contributed by atoms with Gasteiger partial charge in [0, 0.05) is 32.9 Å². The van der Waals surface area contributed by atoms with Gasteiger partial charge in [0.25, 0.3) is 0 Å². The zero-order valence-corrected chi connectivity index (χ0v) is 23.7. The topological polar surface area (TPSA) is 78.4 Å². The summed E-state index contributed by atoms with van der Waals surface area (Å²) in [5.74, 6) is -0.558. The molecule has 198 valence electrons. The molecule has 0 unspecified atom stereocenters. The van der Waals surface area contributed by atoms with Crippen LogP contribution in [-0.2, 0) is 15.0 Å². The number of halogens is 2. The van der Waals surface area contributed by atoms with E-state index in [0.29, 0.717) is 29.3 Å². The molecule has 0 radical (unpaired) electrons. The molecular weight excluding hydrogens is 527 g/mol. The number of hydrogen-bond acceptors (Lipinski definition) is 5. The van der Waals surface area contributed by atoms with Gasteiger partial charge in [-0.05, 0) is 72.9 Å². The first-order valence-corrected chi connectivity index (χ1v) is 14.6. The van der Waals surface area contributed by atoms with Gasteiger partial charge in [0.05, 0.1) is 17.6 Å². The zero-order chi connectivity index (χ0) is 26.5. The Balaban J connectivity index is 1.64. The van der Waals surface area contributed by atoms with E-state index >= 15 is 0 Å². The third-order valence-corrected chi connectivity index (χ3v) is 9.58. The van der Waals surface area contributed by atoms with E-state index in [4.69, 9.17) is 23.2 Å². The van der Waals surface area contributed by atoms with Gasteiger partial charge in [-0.25, -0.2) is 0 Å². The van der Waals surface area contributed by atoms with Crippen molar-refractivity contribution in [2.45, 2.75) is 93.3 Å². The Morgan fingerprint density at radius 1 is 1.11 bits per heavy atom. The Hall–Kier alpha value is -1.57.